The molecule has 0 saturated carbocycles. The third-order valence-corrected chi connectivity index (χ3v) is 4.48. The number of hydrogen-bond donors (Lipinski definition) is 1. The maximum Gasteiger partial charge on any atom is 0.327 e. The zero-order chi connectivity index (χ0) is 17.6. The molecule has 2 heterocycles. The molecule has 1 fully saturated rings. The van der Waals surface area contributed by atoms with Gasteiger partial charge in [-0.25, -0.2) is 4.68 Å². The fourth-order valence-corrected chi connectivity index (χ4v) is 3.14. The molecule has 0 bridgehead atoms. The van der Waals surface area contributed by atoms with Crippen molar-refractivity contribution in [3.05, 3.63) is 35.1 Å². The number of anilines is 1. The highest BCUT2D eigenvalue weighted by molar-refractivity contribution is 6.30. The van der Waals surface area contributed by atoms with E-state index in [1.165, 1.54) is 9.58 Å². The highest BCUT2D eigenvalue weighted by atomic mass is 35.5. The molecular formula is C16H22ClN6O2+. The molecule has 0 amide bonds. The maximum absolute atomic E-state index is 11.6. The van der Waals surface area contributed by atoms with Gasteiger partial charge in [0.1, 0.15) is 13.1 Å². The summed E-state index contributed by atoms with van der Waals surface area (Å²) in [5.74, 6) is 0.385. The molecule has 25 heavy (non-hydrogen) atoms. The van der Waals surface area contributed by atoms with Crippen LogP contribution in [-0.4, -0.2) is 59.0 Å². The molecule has 0 atom stereocenters. The molecule has 8 nitrogen and oxygen atoms in total. The van der Waals surface area contributed by atoms with Gasteiger partial charge in [-0.05, 0) is 35.5 Å². The van der Waals surface area contributed by atoms with E-state index in [9.17, 15) is 4.79 Å². The number of carbonyl (C=O) groups is 1. The first-order chi connectivity index (χ1) is 12.2. The fourth-order valence-electron chi connectivity index (χ4n) is 2.96. The molecule has 0 unspecified atom stereocenters. The Morgan fingerprint density at radius 2 is 2.16 bits per heavy atom. The summed E-state index contributed by atoms with van der Waals surface area (Å²) in [4.78, 5) is 15.3. The van der Waals surface area contributed by atoms with Crippen LogP contribution in [-0.2, 0) is 22.6 Å². The summed E-state index contributed by atoms with van der Waals surface area (Å²) < 4.78 is 6.48. The Labute approximate surface area is 151 Å². The predicted molar refractivity (Wildman–Crippen MR) is 92.5 cm³/mol. The number of rotatable bonds is 6. The molecule has 1 N–H and O–H groups in total. The van der Waals surface area contributed by atoms with Gasteiger partial charge in [-0.15, -0.1) is 5.10 Å². The van der Waals surface area contributed by atoms with Crippen LogP contribution in [0.3, 0.4) is 0 Å². The van der Waals surface area contributed by atoms with Crippen LogP contribution in [0, 0.1) is 0 Å². The Morgan fingerprint density at radius 1 is 1.36 bits per heavy atom. The monoisotopic (exact) mass is 365 g/mol. The quantitative estimate of drug-likeness (QED) is 0.714. The van der Waals surface area contributed by atoms with Gasteiger partial charge < -0.3 is 14.5 Å². The second-order valence-corrected chi connectivity index (χ2v) is 6.39. The number of carbonyl (C=O) groups excluding carboxylic acids is 1. The van der Waals surface area contributed by atoms with Crippen molar-refractivity contribution in [3.8, 4) is 0 Å². The van der Waals surface area contributed by atoms with Gasteiger partial charge in [0.25, 0.3) is 0 Å². The van der Waals surface area contributed by atoms with Crippen LogP contribution < -0.4 is 9.80 Å². The number of ether oxygens (including phenoxy) is 1. The largest absolute Gasteiger partial charge is 0.465 e. The predicted octanol–water partition coefficient (Wildman–Crippen LogP) is -0.205. The highest BCUT2D eigenvalue weighted by Gasteiger charge is 2.23. The summed E-state index contributed by atoms with van der Waals surface area (Å²) in [5.41, 5.74) is 1.15. The van der Waals surface area contributed by atoms with Crippen LogP contribution in [0.1, 0.15) is 12.7 Å². The van der Waals surface area contributed by atoms with Crippen LogP contribution in [0.2, 0.25) is 5.02 Å². The van der Waals surface area contributed by atoms with E-state index in [0.29, 0.717) is 19.0 Å². The Balaban J connectivity index is 1.54. The third kappa shape index (κ3) is 4.67. The normalized spacial score (nSPS) is 15.4. The standard InChI is InChI=1S/C16H21ClN6O2/c1-2-25-16(24)12-23-15(18-19-20-23)11-21-6-8-22(9-7-21)14-5-3-4-13(17)10-14/h3-5,10H,2,6-9,11-12H2,1H3/p+1. The van der Waals surface area contributed by atoms with E-state index < -0.39 is 0 Å². The van der Waals surface area contributed by atoms with Crippen molar-refractivity contribution in [3.63, 3.8) is 0 Å². The minimum absolute atomic E-state index is 0.0537. The summed E-state index contributed by atoms with van der Waals surface area (Å²) in [7, 11) is 0. The van der Waals surface area contributed by atoms with E-state index in [-0.39, 0.29) is 12.5 Å². The van der Waals surface area contributed by atoms with Gasteiger partial charge in [0, 0.05) is 10.7 Å². The number of quaternary nitrogens is 1. The molecule has 0 aliphatic carbocycles. The SMILES string of the molecule is CCOC(=O)Cn1nnnc1C[NH+]1CCN(c2cccc(Cl)c2)CC1. The lowest BCUT2D eigenvalue weighted by atomic mass is 10.2. The summed E-state index contributed by atoms with van der Waals surface area (Å²) >= 11 is 6.07. The van der Waals surface area contributed by atoms with Crippen LogP contribution in [0.4, 0.5) is 5.69 Å². The molecule has 1 saturated heterocycles. The molecule has 1 aliphatic heterocycles. The van der Waals surface area contributed by atoms with E-state index in [1.807, 2.05) is 18.2 Å². The Bertz CT molecular complexity index is 714. The second kappa shape index (κ2) is 8.26. The Kier molecular flexibility index (Phi) is 5.83. The van der Waals surface area contributed by atoms with Crippen molar-refractivity contribution in [1.82, 2.24) is 20.2 Å². The molecule has 9 heteroatoms. The van der Waals surface area contributed by atoms with Gasteiger partial charge >= 0.3 is 5.97 Å². The summed E-state index contributed by atoms with van der Waals surface area (Å²) in [6, 6.07) is 7.93. The van der Waals surface area contributed by atoms with Gasteiger partial charge in [-0.3, -0.25) is 4.79 Å². The van der Waals surface area contributed by atoms with E-state index in [0.717, 1.165) is 36.9 Å². The van der Waals surface area contributed by atoms with Crippen LogP contribution in [0.5, 0.6) is 0 Å². The lowest BCUT2D eigenvalue weighted by molar-refractivity contribution is -0.915. The Morgan fingerprint density at radius 3 is 2.88 bits per heavy atom. The molecule has 0 spiro atoms. The van der Waals surface area contributed by atoms with Gasteiger partial charge in [0.05, 0.1) is 32.8 Å². The molecule has 0 radical (unpaired) electrons. The van der Waals surface area contributed by atoms with Crippen LogP contribution in [0.15, 0.2) is 24.3 Å². The smallest absolute Gasteiger partial charge is 0.327 e. The van der Waals surface area contributed by atoms with E-state index in [2.05, 4.69) is 26.5 Å². The summed E-state index contributed by atoms with van der Waals surface area (Å²) in [6.45, 7) is 6.70. The second-order valence-electron chi connectivity index (χ2n) is 5.95. The average molecular weight is 366 g/mol. The average Bonchev–Trinajstić information content (AvgIpc) is 3.02. The van der Waals surface area contributed by atoms with Crippen molar-refractivity contribution >= 4 is 23.3 Å². The van der Waals surface area contributed by atoms with Crippen molar-refractivity contribution < 1.29 is 14.4 Å². The number of hydrogen-bond acceptors (Lipinski definition) is 6. The number of esters is 1. The first-order valence-electron chi connectivity index (χ1n) is 8.40. The van der Waals surface area contributed by atoms with Crippen LogP contribution >= 0.6 is 11.6 Å². The number of tetrazole rings is 1. The third-order valence-electron chi connectivity index (χ3n) is 4.24. The van der Waals surface area contributed by atoms with Crippen LogP contribution in [0.25, 0.3) is 0 Å². The van der Waals surface area contributed by atoms with Crippen molar-refractivity contribution in [2.45, 2.75) is 20.0 Å². The van der Waals surface area contributed by atoms with E-state index in [1.54, 1.807) is 6.92 Å². The van der Waals surface area contributed by atoms with Gasteiger partial charge in [-0.1, -0.05) is 17.7 Å². The molecular weight excluding hydrogens is 344 g/mol. The first-order valence-corrected chi connectivity index (χ1v) is 8.78. The van der Waals surface area contributed by atoms with Crippen molar-refractivity contribution in [2.75, 3.05) is 37.7 Å². The molecule has 1 aromatic heterocycles. The van der Waals surface area contributed by atoms with Gasteiger partial charge in [0.15, 0.2) is 0 Å². The zero-order valence-corrected chi connectivity index (χ0v) is 14.9. The summed E-state index contributed by atoms with van der Waals surface area (Å²) in [5, 5.41) is 12.4. The first kappa shape index (κ1) is 17.6. The minimum Gasteiger partial charge on any atom is -0.465 e. The molecule has 1 aliphatic rings. The topological polar surface area (TPSA) is 77.6 Å². The number of halogens is 1. The van der Waals surface area contributed by atoms with E-state index in [4.69, 9.17) is 16.3 Å². The van der Waals surface area contributed by atoms with Gasteiger partial charge in [-0.2, -0.15) is 0 Å². The van der Waals surface area contributed by atoms with E-state index >= 15 is 0 Å². The van der Waals surface area contributed by atoms with Crippen molar-refractivity contribution in [1.29, 1.82) is 0 Å². The lowest BCUT2D eigenvalue weighted by Crippen LogP contribution is -3.13. The molecule has 2 aromatic rings. The molecule has 1 aromatic carbocycles. The highest BCUT2D eigenvalue weighted by Crippen LogP contribution is 2.19. The lowest BCUT2D eigenvalue weighted by Gasteiger charge is -2.33. The fraction of sp³-hybridized carbons (Fsp3) is 0.500. The Hall–Kier alpha value is -2.19. The minimum atomic E-state index is -0.322. The summed E-state index contributed by atoms with van der Waals surface area (Å²) in [6.07, 6.45) is 0. The molecule has 3 rings (SSSR count). The zero-order valence-electron chi connectivity index (χ0n) is 14.2. The number of piperazine rings is 1. The van der Waals surface area contributed by atoms with Gasteiger partial charge in [0.2, 0.25) is 5.82 Å². The number of nitrogens with one attached hydrogen (secondary N) is 1. The number of benzene rings is 1. The van der Waals surface area contributed by atoms with Crippen molar-refractivity contribution in [2.24, 2.45) is 0 Å². The molecule has 134 valence electrons. The number of nitrogens with zero attached hydrogens (tertiary/aromatic N) is 5. The maximum atomic E-state index is 11.6. The number of aromatic nitrogens is 4.